The van der Waals surface area contributed by atoms with Crippen LogP contribution in [0.25, 0.3) is 11.1 Å². The van der Waals surface area contributed by atoms with Gasteiger partial charge in [-0.2, -0.15) is 0 Å². The zero-order valence-corrected chi connectivity index (χ0v) is 18.9. The van der Waals surface area contributed by atoms with Crippen molar-refractivity contribution in [3.8, 4) is 11.1 Å². The summed E-state index contributed by atoms with van der Waals surface area (Å²) in [4.78, 5) is 39.4. The standard InChI is InChI=1S/C25H28N2O6/c1-24(2,3)33-23(31)27-13-15(26)12-25(27,21(28)29)22(30)32-14-20-18-10-6-4-8-16(18)17-9-5-7-11-19(17)20/h4-11,15,20H,12-14,26H2,1-3H3,(H,28,29)/t15?,25-/m0/s1. The van der Waals surface area contributed by atoms with E-state index in [1.54, 1.807) is 20.8 Å². The Morgan fingerprint density at radius 2 is 1.61 bits per heavy atom. The van der Waals surface area contributed by atoms with Gasteiger partial charge in [-0.15, -0.1) is 0 Å². The van der Waals surface area contributed by atoms with E-state index in [-0.39, 0.29) is 25.5 Å². The van der Waals surface area contributed by atoms with E-state index in [2.05, 4.69) is 0 Å². The highest BCUT2D eigenvalue weighted by Crippen LogP contribution is 2.45. The summed E-state index contributed by atoms with van der Waals surface area (Å²) in [5, 5.41) is 10.1. The molecule has 8 heteroatoms. The molecule has 1 amide bonds. The highest BCUT2D eigenvalue weighted by molar-refractivity contribution is 6.07. The third-order valence-corrected chi connectivity index (χ3v) is 6.08. The van der Waals surface area contributed by atoms with Crippen LogP contribution in [0.15, 0.2) is 48.5 Å². The molecule has 0 aromatic heterocycles. The molecular formula is C25H28N2O6. The molecule has 3 N–H and O–H groups in total. The number of esters is 1. The Balaban J connectivity index is 1.61. The molecule has 1 saturated heterocycles. The van der Waals surface area contributed by atoms with Crippen molar-refractivity contribution >= 4 is 18.0 Å². The minimum absolute atomic E-state index is 0.0563. The van der Waals surface area contributed by atoms with Gasteiger partial charge in [0.15, 0.2) is 0 Å². The number of ether oxygens (including phenoxy) is 2. The van der Waals surface area contributed by atoms with Crippen molar-refractivity contribution < 1.29 is 29.0 Å². The number of carbonyl (C=O) groups is 3. The van der Waals surface area contributed by atoms with Gasteiger partial charge < -0.3 is 20.3 Å². The number of likely N-dealkylation sites (tertiary alicyclic amines) is 1. The predicted molar refractivity (Wildman–Crippen MR) is 121 cm³/mol. The molecule has 4 rings (SSSR count). The summed E-state index contributed by atoms with van der Waals surface area (Å²) in [6, 6.07) is 15.0. The average molecular weight is 453 g/mol. The summed E-state index contributed by atoms with van der Waals surface area (Å²) >= 11 is 0. The van der Waals surface area contributed by atoms with E-state index >= 15 is 0 Å². The summed E-state index contributed by atoms with van der Waals surface area (Å²) in [7, 11) is 0. The molecule has 2 aliphatic rings. The van der Waals surface area contributed by atoms with Crippen LogP contribution in [0, 0.1) is 0 Å². The third-order valence-electron chi connectivity index (χ3n) is 6.08. The lowest BCUT2D eigenvalue weighted by molar-refractivity contribution is -0.169. The van der Waals surface area contributed by atoms with Crippen LogP contribution in [-0.4, -0.2) is 58.4 Å². The van der Waals surface area contributed by atoms with Gasteiger partial charge in [0.2, 0.25) is 5.54 Å². The van der Waals surface area contributed by atoms with Crippen molar-refractivity contribution in [2.45, 2.75) is 50.3 Å². The minimum Gasteiger partial charge on any atom is -0.479 e. The molecule has 174 valence electrons. The Morgan fingerprint density at radius 1 is 1.06 bits per heavy atom. The van der Waals surface area contributed by atoms with Gasteiger partial charge in [0, 0.05) is 24.9 Å². The second kappa shape index (κ2) is 8.19. The Labute approximate surface area is 192 Å². The first-order valence-electron chi connectivity index (χ1n) is 10.9. The van der Waals surface area contributed by atoms with Crippen molar-refractivity contribution in [1.29, 1.82) is 0 Å². The Hall–Kier alpha value is -3.39. The summed E-state index contributed by atoms with van der Waals surface area (Å²) in [6.45, 7) is 4.81. The third kappa shape index (κ3) is 3.95. The van der Waals surface area contributed by atoms with Crippen LogP contribution in [0.5, 0.6) is 0 Å². The summed E-state index contributed by atoms with van der Waals surface area (Å²) in [5.74, 6) is -2.74. The lowest BCUT2D eigenvalue weighted by Crippen LogP contribution is -2.60. The maximum Gasteiger partial charge on any atom is 0.411 e. The maximum absolute atomic E-state index is 13.3. The number of benzene rings is 2. The maximum atomic E-state index is 13.3. The number of aliphatic carboxylic acids is 1. The fourth-order valence-corrected chi connectivity index (χ4v) is 4.69. The van der Waals surface area contributed by atoms with Crippen molar-refractivity contribution in [1.82, 2.24) is 4.90 Å². The normalized spacial score (nSPS) is 21.9. The molecule has 2 aromatic rings. The van der Waals surface area contributed by atoms with E-state index in [1.807, 2.05) is 48.5 Å². The van der Waals surface area contributed by atoms with E-state index in [4.69, 9.17) is 15.2 Å². The molecule has 1 aliphatic carbocycles. The van der Waals surface area contributed by atoms with Crippen molar-refractivity contribution in [2.24, 2.45) is 5.73 Å². The number of fused-ring (bicyclic) bond motifs is 3. The molecule has 0 bridgehead atoms. The van der Waals surface area contributed by atoms with E-state index < -0.39 is 35.2 Å². The smallest absolute Gasteiger partial charge is 0.411 e. The molecule has 0 radical (unpaired) electrons. The lowest BCUT2D eigenvalue weighted by atomic mass is 9.94. The van der Waals surface area contributed by atoms with E-state index in [0.717, 1.165) is 27.2 Å². The van der Waals surface area contributed by atoms with Crippen LogP contribution in [0.2, 0.25) is 0 Å². The largest absolute Gasteiger partial charge is 0.479 e. The van der Waals surface area contributed by atoms with Crippen molar-refractivity contribution in [2.75, 3.05) is 13.2 Å². The molecule has 33 heavy (non-hydrogen) atoms. The number of hydrogen-bond donors (Lipinski definition) is 2. The lowest BCUT2D eigenvalue weighted by Gasteiger charge is -2.34. The number of nitrogens with zero attached hydrogens (tertiary/aromatic N) is 1. The fraction of sp³-hybridized carbons (Fsp3) is 0.400. The van der Waals surface area contributed by atoms with E-state index in [1.165, 1.54) is 0 Å². The second-order valence-corrected chi connectivity index (χ2v) is 9.55. The van der Waals surface area contributed by atoms with Gasteiger partial charge in [0.25, 0.3) is 0 Å². The predicted octanol–water partition coefficient (Wildman–Crippen LogP) is 3.13. The SMILES string of the molecule is CC(C)(C)OC(=O)N1CC(N)C[C@]1(C(=O)O)C(=O)OCC1c2ccccc2-c2ccccc21. The Morgan fingerprint density at radius 3 is 2.12 bits per heavy atom. The van der Waals surface area contributed by atoms with Crippen molar-refractivity contribution in [3.05, 3.63) is 59.7 Å². The Kier molecular flexibility index (Phi) is 5.66. The van der Waals surface area contributed by atoms with Gasteiger partial charge in [-0.1, -0.05) is 48.5 Å². The first kappa shape index (κ1) is 22.8. The van der Waals surface area contributed by atoms with Gasteiger partial charge in [-0.25, -0.2) is 14.4 Å². The molecule has 0 saturated carbocycles. The highest BCUT2D eigenvalue weighted by atomic mass is 16.6. The first-order valence-corrected chi connectivity index (χ1v) is 10.9. The Bertz CT molecular complexity index is 1060. The number of rotatable bonds is 4. The number of amides is 1. The molecule has 2 atom stereocenters. The fourth-order valence-electron chi connectivity index (χ4n) is 4.69. The summed E-state index contributed by atoms with van der Waals surface area (Å²) < 4.78 is 11.0. The quantitative estimate of drug-likeness (QED) is 0.540. The molecular weight excluding hydrogens is 424 g/mol. The van der Waals surface area contributed by atoms with Gasteiger partial charge >= 0.3 is 18.0 Å². The van der Waals surface area contributed by atoms with Gasteiger partial charge in [0.1, 0.15) is 12.2 Å². The number of carboxylic acid groups (broad SMARTS) is 1. The van der Waals surface area contributed by atoms with Crippen LogP contribution < -0.4 is 5.73 Å². The van der Waals surface area contributed by atoms with Gasteiger partial charge in [-0.3, -0.25) is 4.90 Å². The van der Waals surface area contributed by atoms with E-state index in [0.29, 0.717) is 0 Å². The van der Waals surface area contributed by atoms with E-state index in [9.17, 15) is 19.5 Å². The summed E-state index contributed by atoms with van der Waals surface area (Å²) in [6.07, 6.45) is -1.16. The first-order chi connectivity index (χ1) is 15.5. The molecule has 1 aliphatic heterocycles. The summed E-state index contributed by atoms with van der Waals surface area (Å²) in [5.41, 5.74) is 7.02. The monoisotopic (exact) mass is 452 g/mol. The molecule has 1 heterocycles. The van der Waals surface area contributed by atoms with Crippen LogP contribution in [-0.2, 0) is 19.1 Å². The zero-order chi connectivity index (χ0) is 24.0. The zero-order valence-electron chi connectivity index (χ0n) is 18.9. The molecule has 1 unspecified atom stereocenters. The second-order valence-electron chi connectivity index (χ2n) is 9.55. The number of nitrogens with two attached hydrogens (primary N) is 1. The minimum atomic E-state index is -2.24. The molecule has 2 aromatic carbocycles. The topological polar surface area (TPSA) is 119 Å². The highest BCUT2D eigenvalue weighted by Gasteiger charge is 2.61. The van der Waals surface area contributed by atoms with Gasteiger partial charge in [0.05, 0.1) is 0 Å². The van der Waals surface area contributed by atoms with Crippen LogP contribution in [0.4, 0.5) is 4.79 Å². The number of carbonyl (C=O) groups excluding carboxylic acids is 2. The van der Waals surface area contributed by atoms with Crippen LogP contribution >= 0.6 is 0 Å². The van der Waals surface area contributed by atoms with Crippen molar-refractivity contribution in [3.63, 3.8) is 0 Å². The number of carboxylic acids is 1. The van der Waals surface area contributed by atoms with Crippen LogP contribution in [0.1, 0.15) is 44.2 Å². The molecule has 8 nitrogen and oxygen atoms in total. The number of hydrogen-bond acceptors (Lipinski definition) is 6. The van der Waals surface area contributed by atoms with Gasteiger partial charge in [-0.05, 0) is 43.0 Å². The molecule has 1 fully saturated rings. The average Bonchev–Trinajstić information content (AvgIpc) is 3.27. The van der Waals surface area contributed by atoms with Crippen LogP contribution in [0.3, 0.4) is 0 Å². The molecule has 0 spiro atoms.